The Bertz CT molecular complexity index is 457. The molecule has 110 valence electrons. The summed E-state index contributed by atoms with van der Waals surface area (Å²) in [5, 5.41) is 11.2. The summed E-state index contributed by atoms with van der Waals surface area (Å²) in [4.78, 5) is 22.1. The fourth-order valence-electron chi connectivity index (χ4n) is 1.72. The normalized spacial score (nSPS) is 10.3. The molecule has 0 aliphatic rings. The van der Waals surface area contributed by atoms with Gasteiger partial charge in [0.25, 0.3) is 0 Å². The molecule has 0 aliphatic carbocycles. The number of hydrogen-bond acceptors (Lipinski definition) is 3. The zero-order valence-electron chi connectivity index (χ0n) is 11.9. The maximum absolute atomic E-state index is 11.8. The number of aliphatic carboxylic acids is 1. The molecule has 5 heteroatoms. The van der Waals surface area contributed by atoms with Gasteiger partial charge in [0.15, 0.2) is 0 Å². The van der Waals surface area contributed by atoms with E-state index in [1.165, 1.54) is 0 Å². The van der Waals surface area contributed by atoms with Gasteiger partial charge in [0.2, 0.25) is 5.91 Å². The molecular weight excluding hydrogens is 258 g/mol. The van der Waals surface area contributed by atoms with Gasteiger partial charge in [0, 0.05) is 18.5 Å². The van der Waals surface area contributed by atoms with Crippen LogP contribution in [0, 0.1) is 0 Å². The van der Waals surface area contributed by atoms with Gasteiger partial charge in [-0.1, -0.05) is 18.2 Å². The van der Waals surface area contributed by atoms with Crippen LogP contribution in [-0.4, -0.2) is 29.6 Å². The van der Waals surface area contributed by atoms with Gasteiger partial charge in [-0.15, -0.1) is 0 Å². The van der Waals surface area contributed by atoms with Crippen molar-refractivity contribution in [3.8, 4) is 5.75 Å². The highest BCUT2D eigenvalue weighted by atomic mass is 16.5. The molecule has 0 bridgehead atoms. The Morgan fingerprint density at radius 2 is 2.00 bits per heavy atom. The van der Waals surface area contributed by atoms with Gasteiger partial charge < -0.3 is 15.2 Å². The molecule has 0 spiro atoms. The first-order valence-electron chi connectivity index (χ1n) is 6.72. The predicted octanol–water partition coefficient (Wildman–Crippen LogP) is 2.00. The Morgan fingerprint density at radius 1 is 1.30 bits per heavy atom. The molecule has 5 nitrogen and oxygen atoms in total. The number of rotatable bonds is 8. The van der Waals surface area contributed by atoms with Crippen LogP contribution in [0.4, 0.5) is 0 Å². The summed E-state index contributed by atoms with van der Waals surface area (Å²) in [5.74, 6) is -0.270. The van der Waals surface area contributed by atoms with Gasteiger partial charge in [-0.2, -0.15) is 0 Å². The number of nitrogens with one attached hydrogen (secondary N) is 1. The highest BCUT2D eigenvalue weighted by Gasteiger charge is 2.09. The van der Waals surface area contributed by atoms with E-state index in [0.717, 1.165) is 5.56 Å². The molecule has 0 radical (unpaired) electrons. The Balaban J connectivity index is 2.47. The standard InChI is InChI=1S/C15H21NO4/c1-11(2)20-13-7-4-3-6-12(13)10-14(17)16-9-5-8-15(18)19/h3-4,6-7,11H,5,8-10H2,1-2H3,(H,16,17)(H,18,19). The lowest BCUT2D eigenvalue weighted by atomic mass is 10.1. The molecule has 0 heterocycles. The first-order valence-corrected chi connectivity index (χ1v) is 6.72. The summed E-state index contributed by atoms with van der Waals surface area (Å²) in [5.41, 5.74) is 0.830. The summed E-state index contributed by atoms with van der Waals surface area (Å²) >= 11 is 0. The van der Waals surface area contributed by atoms with E-state index in [1.54, 1.807) is 0 Å². The Morgan fingerprint density at radius 3 is 2.65 bits per heavy atom. The van der Waals surface area contributed by atoms with Gasteiger partial charge in [-0.3, -0.25) is 9.59 Å². The number of para-hydroxylation sites is 1. The Hall–Kier alpha value is -2.04. The van der Waals surface area contributed by atoms with Crippen LogP contribution in [0.1, 0.15) is 32.3 Å². The van der Waals surface area contributed by atoms with Crippen molar-refractivity contribution in [3.63, 3.8) is 0 Å². The third-order valence-electron chi connectivity index (χ3n) is 2.58. The second-order valence-electron chi connectivity index (χ2n) is 4.80. The number of carboxylic acid groups (broad SMARTS) is 1. The highest BCUT2D eigenvalue weighted by molar-refractivity contribution is 5.79. The van der Waals surface area contributed by atoms with Crippen molar-refractivity contribution in [3.05, 3.63) is 29.8 Å². The van der Waals surface area contributed by atoms with Crippen LogP contribution in [-0.2, 0) is 16.0 Å². The average Bonchev–Trinajstić information content (AvgIpc) is 2.36. The third kappa shape index (κ3) is 6.22. The van der Waals surface area contributed by atoms with E-state index in [9.17, 15) is 9.59 Å². The molecule has 0 unspecified atom stereocenters. The molecule has 0 fully saturated rings. The lowest BCUT2D eigenvalue weighted by Gasteiger charge is -2.14. The van der Waals surface area contributed by atoms with Crippen LogP contribution in [0.15, 0.2) is 24.3 Å². The first kappa shape index (κ1) is 16.0. The quantitative estimate of drug-likeness (QED) is 0.714. The SMILES string of the molecule is CC(C)Oc1ccccc1CC(=O)NCCCC(=O)O. The molecule has 1 aromatic carbocycles. The average molecular weight is 279 g/mol. The van der Waals surface area contributed by atoms with E-state index < -0.39 is 5.97 Å². The molecule has 1 aromatic rings. The van der Waals surface area contributed by atoms with Crippen LogP contribution in [0.2, 0.25) is 0 Å². The third-order valence-corrected chi connectivity index (χ3v) is 2.58. The second-order valence-corrected chi connectivity index (χ2v) is 4.80. The van der Waals surface area contributed by atoms with Gasteiger partial charge in [-0.05, 0) is 26.3 Å². The molecule has 2 N–H and O–H groups in total. The number of hydrogen-bond donors (Lipinski definition) is 2. The number of amides is 1. The molecule has 0 aromatic heterocycles. The predicted molar refractivity (Wildman–Crippen MR) is 75.8 cm³/mol. The summed E-state index contributed by atoms with van der Waals surface area (Å²) in [6.07, 6.45) is 0.781. The fraction of sp³-hybridized carbons (Fsp3) is 0.467. The van der Waals surface area contributed by atoms with Gasteiger partial charge in [0.05, 0.1) is 12.5 Å². The van der Waals surface area contributed by atoms with E-state index >= 15 is 0 Å². The maximum atomic E-state index is 11.8. The summed E-state index contributed by atoms with van der Waals surface area (Å²) in [6, 6.07) is 7.42. The molecule has 0 aliphatic heterocycles. The number of ether oxygens (including phenoxy) is 1. The number of benzene rings is 1. The van der Waals surface area contributed by atoms with E-state index in [-0.39, 0.29) is 24.9 Å². The maximum Gasteiger partial charge on any atom is 0.303 e. The van der Waals surface area contributed by atoms with Gasteiger partial charge in [0.1, 0.15) is 5.75 Å². The first-order chi connectivity index (χ1) is 9.49. The van der Waals surface area contributed by atoms with E-state index in [4.69, 9.17) is 9.84 Å². The second kappa shape index (κ2) is 8.19. The van der Waals surface area contributed by atoms with Crippen molar-refractivity contribution in [2.75, 3.05) is 6.54 Å². The van der Waals surface area contributed by atoms with E-state index in [2.05, 4.69) is 5.32 Å². The van der Waals surface area contributed by atoms with Gasteiger partial charge in [-0.25, -0.2) is 0 Å². The molecule has 1 amide bonds. The molecule has 0 atom stereocenters. The zero-order valence-corrected chi connectivity index (χ0v) is 11.9. The topological polar surface area (TPSA) is 75.6 Å². The molecule has 0 saturated carbocycles. The van der Waals surface area contributed by atoms with Crippen LogP contribution in [0.5, 0.6) is 5.75 Å². The monoisotopic (exact) mass is 279 g/mol. The largest absolute Gasteiger partial charge is 0.491 e. The smallest absolute Gasteiger partial charge is 0.303 e. The van der Waals surface area contributed by atoms with Crippen molar-refractivity contribution < 1.29 is 19.4 Å². The van der Waals surface area contributed by atoms with Crippen molar-refractivity contribution >= 4 is 11.9 Å². The lowest BCUT2D eigenvalue weighted by Crippen LogP contribution is -2.26. The minimum Gasteiger partial charge on any atom is -0.491 e. The zero-order chi connectivity index (χ0) is 15.0. The van der Waals surface area contributed by atoms with Crippen molar-refractivity contribution in [2.45, 2.75) is 39.2 Å². The summed E-state index contributed by atoms with van der Waals surface area (Å²) in [7, 11) is 0. The minimum atomic E-state index is -0.852. The Kier molecular flexibility index (Phi) is 6.56. The molecule has 20 heavy (non-hydrogen) atoms. The van der Waals surface area contributed by atoms with E-state index in [0.29, 0.717) is 18.7 Å². The summed E-state index contributed by atoms with van der Waals surface area (Å²) < 4.78 is 5.65. The fourth-order valence-corrected chi connectivity index (χ4v) is 1.72. The molecular formula is C15H21NO4. The van der Waals surface area contributed by atoms with Crippen LogP contribution in [0.25, 0.3) is 0 Å². The van der Waals surface area contributed by atoms with Crippen LogP contribution in [0.3, 0.4) is 0 Å². The lowest BCUT2D eigenvalue weighted by molar-refractivity contribution is -0.137. The number of carbonyl (C=O) groups is 2. The molecule has 1 rings (SSSR count). The number of carboxylic acids is 1. The van der Waals surface area contributed by atoms with E-state index in [1.807, 2.05) is 38.1 Å². The Labute approximate surface area is 118 Å². The van der Waals surface area contributed by atoms with Crippen molar-refractivity contribution in [1.82, 2.24) is 5.32 Å². The minimum absolute atomic E-state index is 0.0507. The molecule has 0 saturated heterocycles. The van der Waals surface area contributed by atoms with Crippen LogP contribution >= 0.6 is 0 Å². The van der Waals surface area contributed by atoms with Crippen molar-refractivity contribution in [2.24, 2.45) is 0 Å². The van der Waals surface area contributed by atoms with Crippen LogP contribution < -0.4 is 10.1 Å². The summed E-state index contributed by atoms with van der Waals surface area (Å²) in [6.45, 7) is 4.24. The number of carbonyl (C=O) groups excluding carboxylic acids is 1. The van der Waals surface area contributed by atoms with Gasteiger partial charge >= 0.3 is 5.97 Å². The van der Waals surface area contributed by atoms with Crippen molar-refractivity contribution in [1.29, 1.82) is 0 Å². The highest BCUT2D eigenvalue weighted by Crippen LogP contribution is 2.19.